The molecule has 1 aliphatic heterocycles. The second-order valence-electron chi connectivity index (χ2n) is 5.16. The maximum absolute atomic E-state index is 11.8. The summed E-state index contributed by atoms with van der Waals surface area (Å²) in [7, 11) is 0. The Bertz CT molecular complexity index is 475. The van der Waals surface area contributed by atoms with Gasteiger partial charge in [-0.3, -0.25) is 14.5 Å². The predicted octanol–water partition coefficient (Wildman–Crippen LogP) is 0.767. The van der Waals surface area contributed by atoms with E-state index in [0.717, 1.165) is 18.7 Å². The van der Waals surface area contributed by atoms with Crippen molar-refractivity contribution < 1.29 is 9.59 Å². The molecule has 1 aromatic carbocycles. The summed E-state index contributed by atoms with van der Waals surface area (Å²) >= 11 is 0. The summed E-state index contributed by atoms with van der Waals surface area (Å²) in [5.74, 6) is -0.191. The van der Waals surface area contributed by atoms with Crippen molar-refractivity contribution in [3.05, 3.63) is 35.9 Å². The van der Waals surface area contributed by atoms with Gasteiger partial charge in [0.15, 0.2) is 0 Å². The average Bonchev–Trinajstić information content (AvgIpc) is 2.45. The number of benzene rings is 1. The first-order valence-electron chi connectivity index (χ1n) is 6.90. The first kappa shape index (κ1) is 14.5. The fourth-order valence-electron chi connectivity index (χ4n) is 2.65. The van der Waals surface area contributed by atoms with E-state index in [4.69, 9.17) is 5.73 Å². The normalized spacial score (nSPS) is 19.9. The zero-order valence-electron chi connectivity index (χ0n) is 11.8. The van der Waals surface area contributed by atoms with E-state index >= 15 is 0 Å². The molecule has 5 heteroatoms. The molecular weight excluding hydrogens is 254 g/mol. The van der Waals surface area contributed by atoms with Crippen molar-refractivity contribution in [3.8, 4) is 0 Å². The molecule has 2 amide bonds. The maximum atomic E-state index is 11.8. The van der Waals surface area contributed by atoms with E-state index in [1.165, 1.54) is 0 Å². The molecule has 0 aliphatic carbocycles. The molecule has 0 aromatic heterocycles. The van der Waals surface area contributed by atoms with Crippen molar-refractivity contribution in [2.45, 2.75) is 19.4 Å². The number of nitrogens with two attached hydrogens (primary N) is 1. The van der Waals surface area contributed by atoms with Crippen molar-refractivity contribution >= 4 is 11.8 Å². The van der Waals surface area contributed by atoms with Gasteiger partial charge in [-0.15, -0.1) is 0 Å². The molecule has 0 radical (unpaired) electrons. The second-order valence-corrected chi connectivity index (χ2v) is 5.16. The van der Waals surface area contributed by atoms with Crippen LogP contribution in [0.15, 0.2) is 30.3 Å². The molecule has 0 unspecified atom stereocenters. The third kappa shape index (κ3) is 3.57. The van der Waals surface area contributed by atoms with Gasteiger partial charge in [-0.25, -0.2) is 0 Å². The Kier molecular flexibility index (Phi) is 4.74. The summed E-state index contributed by atoms with van der Waals surface area (Å²) in [6.45, 7) is 4.49. The molecule has 1 fully saturated rings. The van der Waals surface area contributed by atoms with Crippen molar-refractivity contribution in [2.75, 3.05) is 26.2 Å². The lowest BCUT2D eigenvalue weighted by atomic mass is 10.0. The van der Waals surface area contributed by atoms with Crippen LogP contribution in [-0.4, -0.2) is 47.8 Å². The number of primary amides is 1. The number of piperazine rings is 1. The molecule has 0 spiro atoms. The largest absolute Gasteiger partial charge is 0.370 e. The standard InChI is InChI=1S/C15H21N3O2/c1-12(19)18-10-9-17(8-7-15(16)20)11-14(18)13-5-3-2-4-6-13/h2-6,14H,7-11H2,1H3,(H2,16,20)/t14-/m0/s1. The van der Waals surface area contributed by atoms with Gasteiger partial charge in [-0.2, -0.15) is 0 Å². The minimum atomic E-state index is -0.282. The summed E-state index contributed by atoms with van der Waals surface area (Å²) < 4.78 is 0. The minimum Gasteiger partial charge on any atom is -0.370 e. The first-order chi connectivity index (χ1) is 9.58. The lowest BCUT2D eigenvalue weighted by Gasteiger charge is -2.41. The number of carbonyl (C=O) groups excluding carboxylic acids is 2. The smallest absolute Gasteiger partial charge is 0.220 e. The summed E-state index contributed by atoms with van der Waals surface area (Å²) in [6, 6.07) is 10.1. The van der Waals surface area contributed by atoms with Crippen LogP contribution in [0.5, 0.6) is 0 Å². The SMILES string of the molecule is CC(=O)N1CCN(CCC(N)=O)C[C@H]1c1ccccc1. The number of nitrogens with zero attached hydrogens (tertiary/aromatic N) is 2. The molecule has 20 heavy (non-hydrogen) atoms. The van der Waals surface area contributed by atoms with E-state index in [2.05, 4.69) is 4.90 Å². The van der Waals surface area contributed by atoms with E-state index in [0.29, 0.717) is 19.5 Å². The molecule has 2 rings (SSSR count). The van der Waals surface area contributed by atoms with Crippen LogP contribution in [0.25, 0.3) is 0 Å². The Balaban J connectivity index is 2.10. The number of amides is 2. The minimum absolute atomic E-state index is 0.0512. The van der Waals surface area contributed by atoms with Crippen molar-refractivity contribution in [3.63, 3.8) is 0 Å². The molecule has 1 aliphatic rings. The number of carbonyl (C=O) groups is 2. The zero-order valence-corrected chi connectivity index (χ0v) is 11.8. The van der Waals surface area contributed by atoms with Crippen LogP contribution in [0.4, 0.5) is 0 Å². The van der Waals surface area contributed by atoms with E-state index in [-0.39, 0.29) is 17.9 Å². The van der Waals surface area contributed by atoms with Gasteiger partial charge in [0, 0.05) is 39.5 Å². The molecular formula is C15H21N3O2. The zero-order chi connectivity index (χ0) is 14.5. The predicted molar refractivity (Wildman–Crippen MR) is 76.8 cm³/mol. The lowest BCUT2D eigenvalue weighted by molar-refractivity contribution is -0.134. The van der Waals surface area contributed by atoms with Crippen LogP contribution in [0, 0.1) is 0 Å². The van der Waals surface area contributed by atoms with E-state index in [1.807, 2.05) is 35.2 Å². The molecule has 1 atom stereocenters. The number of hydrogen-bond donors (Lipinski definition) is 1. The highest BCUT2D eigenvalue weighted by atomic mass is 16.2. The summed E-state index contributed by atoms with van der Waals surface area (Å²) in [6.07, 6.45) is 0.363. The summed E-state index contributed by atoms with van der Waals surface area (Å²) in [4.78, 5) is 26.8. The van der Waals surface area contributed by atoms with Crippen LogP contribution in [-0.2, 0) is 9.59 Å². The van der Waals surface area contributed by atoms with E-state index in [1.54, 1.807) is 6.92 Å². The molecule has 0 saturated carbocycles. The Morgan fingerprint density at radius 2 is 1.95 bits per heavy atom. The van der Waals surface area contributed by atoms with Crippen LogP contribution in [0.3, 0.4) is 0 Å². The number of hydrogen-bond acceptors (Lipinski definition) is 3. The Labute approximate surface area is 119 Å². The van der Waals surface area contributed by atoms with Crippen LogP contribution >= 0.6 is 0 Å². The highest BCUT2D eigenvalue weighted by Crippen LogP contribution is 2.25. The van der Waals surface area contributed by atoms with Crippen LogP contribution < -0.4 is 5.73 Å². The second kappa shape index (κ2) is 6.52. The Morgan fingerprint density at radius 3 is 2.55 bits per heavy atom. The highest BCUT2D eigenvalue weighted by Gasteiger charge is 2.29. The fraction of sp³-hybridized carbons (Fsp3) is 0.467. The molecule has 2 N–H and O–H groups in total. The van der Waals surface area contributed by atoms with Crippen molar-refractivity contribution in [2.24, 2.45) is 5.73 Å². The molecule has 5 nitrogen and oxygen atoms in total. The third-order valence-electron chi connectivity index (χ3n) is 3.73. The number of rotatable bonds is 4. The maximum Gasteiger partial charge on any atom is 0.220 e. The van der Waals surface area contributed by atoms with Crippen molar-refractivity contribution in [1.82, 2.24) is 9.80 Å². The summed E-state index contributed by atoms with van der Waals surface area (Å²) in [5, 5.41) is 0. The molecule has 1 heterocycles. The summed E-state index contributed by atoms with van der Waals surface area (Å²) in [5.41, 5.74) is 6.33. The quantitative estimate of drug-likeness (QED) is 0.882. The highest BCUT2D eigenvalue weighted by molar-refractivity contribution is 5.74. The van der Waals surface area contributed by atoms with Gasteiger partial charge in [0.25, 0.3) is 0 Å². The third-order valence-corrected chi connectivity index (χ3v) is 3.73. The Morgan fingerprint density at radius 1 is 1.25 bits per heavy atom. The van der Waals surface area contributed by atoms with Crippen LogP contribution in [0.2, 0.25) is 0 Å². The van der Waals surface area contributed by atoms with Gasteiger partial charge < -0.3 is 10.6 Å². The van der Waals surface area contributed by atoms with Gasteiger partial charge in [-0.1, -0.05) is 30.3 Å². The average molecular weight is 275 g/mol. The van der Waals surface area contributed by atoms with E-state index in [9.17, 15) is 9.59 Å². The molecule has 1 aromatic rings. The van der Waals surface area contributed by atoms with Gasteiger partial charge in [0.1, 0.15) is 0 Å². The van der Waals surface area contributed by atoms with E-state index < -0.39 is 0 Å². The van der Waals surface area contributed by atoms with Gasteiger partial charge >= 0.3 is 0 Å². The van der Waals surface area contributed by atoms with Gasteiger partial charge in [-0.05, 0) is 5.56 Å². The molecule has 1 saturated heterocycles. The topological polar surface area (TPSA) is 66.6 Å². The monoisotopic (exact) mass is 275 g/mol. The van der Waals surface area contributed by atoms with Crippen molar-refractivity contribution in [1.29, 1.82) is 0 Å². The lowest BCUT2D eigenvalue weighted by Crippen LogP contribution is -2.50. The van der Waals surface area contributed by atoms with Gasteiger partial charge in [0.05, 0.1) is 6.04 Å². The van der Waals surface area contributed by atoms with Crippen LogP contribution in [0.1, 0.15) is 24.9 Å². The Hall–Kier alpha value is -1.88. The first-order valence-corrected chi connectivity index (χ1v) is 6.90. The molecule has 0 bridgehead atoms. The fourth-order valence-corrected chi connectivity index (χ4v) is 2.65. The molecule has 108 valence electrons. The van der Waals surface area contributed by atoms with Gasteiger partial charge in [0.2, 0.25) is 11.8 Å².